The first kappa shape index (κ1) is 34.4. The van der Waals surface area contributed by atoms with Crippen LogP contribution >= 0.6 is 0 Å². The van der Waals surface area contributed by atoms with Crippen molar-refractivity contribution in [3.05, 3.63) is 191 Å². The Labute approximate surface area is 294 Å². The summed E-state index contributed by atoms with van der Waals surface area (Å²) < 4.78 is 5.79. The molecule has 0 fully saturated rings. The van der Waals surface area contributed by atoms with E-state index in [2.05, 4.69) is 132 Å². The van der Waals surface area contributed by atoms with Crippen LogP contribution in [-0.2, 0) is 6.54 Å². The van der Waals surface area contributed by atoms with E-state index in [0.29, 0.717) is 0 Å². The van der Waals surface area contributed by atoms with Crippen LogP contribution in [0.2, 0.25) is 0 Å². The van der Waals surface area contributed by atoms with E-state index in [4.69, 9.17) is 10.7 Å². The van der Waals surface area contributed by atoms with Crippen molar-refractivity contribution in [2.24, 2.45) is 4.99 Å². The number of amidine groups is 1. The molecule has 0 saturated heterocycles. The first-order valence-corrected chi connectivity index (χ1v) is 19.2. The van der Waals surface area contributed by atoms with E-state index in [9.17, 15) is 15.8 Å². The zero-order valence-corrected chi connectivity index (χ0v) is 28.6. The fourth-order valence-electron chi connectivity index (χ4n) is 5.64. The van der Waals surface area contributed by atoms with Gasteiger partial charge in [-0.1, -0.05) is 30.3 Å². The van der Waals surface area contributed by atoms with Crippen molar-refractivity contribution in [1.82, 2.24) is 5.32 Å². The van der Waals surface area contributed by atoms with Crippen LogP contribution in [-0.4, -0.2) is 25.3 Å². The van der Waals surface area contributed by atoms with Gasteiger partial charge in [0.25, 0.3) is 0 Å². The van der Waals surface area contributed by atoms with Gasteiger partial charge in [0.1, 0.15) is 41.3 Å². The minimum absolute atomic E-state index is 0.0311. The van der Waals surface area contributed by atoms with Gasteiger partial charge in [-0.2, -0.15) is 21.0 Å². The van der Waals surface area contributed by atoms with Gasteiger partial charge in [0, 0.05) is 0 Å². The molecule has 1 N–H and O–H groups in total. The molecule has 7 nitrogen and oxygen atoms in total. The van der Waals surface area contributed by atoms with Crippen molar-refractivity contribution in [3.63, 3.8) is 0 Å². The first-order valence-electron chi connectivity index (χ1n) is 15.5. The van der Waals surface area contributed by atoms with Gasteiger partial charge >= 0.3 is 152 Å². The number of aliphatic imine (C=N–C) groups is 1. The summed E-state index contributed by atoms with van der Waals surface area (Å²) in [4.78, 5) is 4.28. The molecule has 5 aromatic rings. The first-order chi connectivity index (χ1) is 24.6. The maximum atomic E-state index is 9.34. The fraction of sp³-hybridized carbons (Fsp3) is 0.0238. The van der Waals surface area contributed by atoms with Crippen LogP contribution in [0.4, 0.5) is 0 Å². The molecule has 0 bridgehead atoms. The minimum atomic E-state index is -2.77. The van der Waals surface area contributed by atoms with E-state index >= 15 is 0 Å². The third kappa shape index (κ3) is 7.13. The summed E-state index contributed by atoms with van der Waals surface area (Å²) in [7, 11) is 0. The monoisotopic (exact) mass is 705 g/mol. The van der Waals surface area contributed by atoms with E-state index in [-0.39, 0.29) is 34.8 Å². The number of benzene rings is 5. The molecule has 0 spiro atoms. The second-order valence-electron chi connectivity index (χ2n) is 10.7. The molecule has 50 heavy (non-hydrogen) atoms. The van der Waals surface area contributed by atoms with Crippen molar-refractivity contribution < 1.29 is 0 Å². The molecule has 236 valence electrons. The van der Waals surface area contributed by atoms with E-state index in [1.165, 1.54) is 17.4 Å². The Morgan fingerprint density at radius 2 is 0.960 bits per heavy atom. The second kappa shape index (κ2) is 16.7. The van der Waals surface area contributed by atoms with Crippen LogP contribution in [0.15, 0.2) is 185 Å². The van der Waals surface area contributed by atoms with Crippen molar-refractivity contribution >= 4 is 42.7 Å². The van der Waals surface area contributed by atoms with Gasteiger partial charge in [-0.3, -0.25) is 4.99 Å². The van der Waals surface area contributed by atoms with Crippen molar-refractivity contribution in [2.75, 3.05) is 0 Å². The predicted octanol–water partition coefficient (Wildman–Crippen LogP) is 5.06. The van der Waals surface area contributed by atoms with E-state index < -0.39 is 19.1 Å². The second-order valence-corrected chi connectivity index (χ2v) is 17.9. The average Bonchev–Trinajstić information content (AvgIpc) is 3.55. The van der Waals surface area contributed by atoms with Gasteiger partial charge < -0.3 is 10.7 Å². The Morgan fingerprint density at radius 3 is 1.30 bits per heavy atom. The molecule has 5 aromatic carbocycles. The Bertz CT molecular complexity index is 2120. The molecule has 0 saturated carbocycles. The van der Waals surface area contributed by atoms with Crippen LogP contribution in [0.3, 0.4) is 0 Å². The van der Waals surface area contributed by atoms with Crippen LogP contribution in [0.5, 0.6) is 0 Å². The van der Waals surface area contributed by atoms with Crippen LogP contribution in [0, 0.1) is 45.3 Å². The van der Waals surface area contributed by atoms with Crippen molar-refractivity contribution in [2.45, 2.75) is 6.54 Å². The third-order valence-corrected chi connectivity index (χ3v) is 16.9. The summed E-state index contributed by atoms with van der Waals surface area (Å²) in [6.45, 7) is 0.259. The molecule has 1 aliphatic heterocycles. The van der Waals surface area contributed by atoms with Crippen molar-refractivity contribution in [1.29, 1.82) is 21.0 Å². The molecule has 0 atom stereocenters. The van der Waals surface area contributed by atoms with E-state index in [1.807, 2.05) is 42.5 Å². The summed E-state index contributed by atoms with van der Waals surface area (Å²) in [6, 6.07) is 60.5. The number of hydrogen-bond acceptors (Lipinski definition) is 5. The Hall–Kier alpha value is -6.98. The summed E-state index contributed by atoms with van der Waals surface area (Å²) in [5.74, 6) is 1.74. The molecular weight excluding hydrogens is 677 g/mol. The topological polar surface area (TPSA) is 142 Å². The number of nitrogens with zero attached hydrogens (tertiary/aromatic N) is 6. The standard InChI is InChI=1S/C24H20As.C18H8N7/c1-5-13-21(14-6-1)25(22-15-7-2-8-16-22,23-17-9-3-10-18-23)24-19-11-4-12-20-24;19-6-13(7-20)14(8-21)17-15(9-22)16(10-23)18(25-17)24-11-12-4-2-1-3-5-12/h1-20H;1-5H,11H2,(H,24,25)/q+1;-1/b;17-14-. The van der Waals surface area contributed by atoms with Gasteiger partial charge in [-0.25, -0.2) is 5.87 Å². The van der Waals surface area contributed by atoms with E-state index in [0.717, 1.165) is 5.56 Å². The fourth-order valence-corrected chi connectivity index (χ4v) is 14.6. The number of nitriles is 4. The zero-order chi connectivity index (χ0) is 35.2. The number of allylic oxidation sites excluding steroid dienone is 3. The predicted molar refractivity (Wildman–Crippen MR) is 199 cm³/mol. The summed E-state index contributed by atoms with van der Waals surface area (Å²) >= 11 is -2.77. The Morgan fingerprint density at radius 1 is 0.560 bits per heavy atom. The average molecular weight is 706 g/mol. The molecule has 0 unspecified atom stereocenters. The van der Waals surface area contributed by atoms with Gasteiger partial charge in [0.2, 0.25) is 0 Å². The molecule has 6 rings (SSSR count). The number of nitrogens with one attached hydrogen (secondary N) is 1. The van der Waals surface area contributed by atoms with Crippen LogP contribution in [0.1, 0.15) is 5.56 Å². The van der Waals surface area contributed by atoms with Gasteiger partial charge in [0.05, 0.1) is 23.4 Å². The van der Waals surface area contributed by atoms with Gasteiger partial charge in [0.15, 0.2) is 0 Å². The Kier molecular flexibility index (Phi) is 11.5. The molecule has 1 aliphatic rings. The van der Waals surface area contributed by atoms with Gasteiger partial charge in [-0.15, -0.1) is 0 Å². The molecule has 1 heterocycles. The van der Waals surface area contributed by atoms with Crippen LogP contribution < -0.4 is 22.7 Å². The van der Waals surface area contributed by atoms with E-state index in [1.54, 1.807) is 18.0 Å². The summed E-state index contributed by atoms with van der Waals surface area (Å²) in [5, 5.41) is 48.6. The van der Waals surface area contributed by atoms with Crippen LogP contribution in [0.25, 0.3) is 5.41 Å². The molecule has 8 heteroatoms. The molecule has 0 radical (unpaired) electrons. The SMILES string of the molecule is N#CC(=C=[N-])/C(C#N)=C1\NC(=NCc2ccccc2)C(C#N)=C1C#N.c1ccc([As+](c2ccccc2)(c2ccccc2)c2ccccc2)cc1. The van der Waals surface area contributed by atoms with Crippen molar-refractivity contribution in [3.8, 4) is 24.3 Å². The molecule has 0 amide bonds. The normalized spacial score (nSPS) is 13.6. The number of hydrogen-bond donors (Lipinski definition) is 1. The summed E-state index contributed by atoms with van der Waals surface area (Å²) in [5.41, 5.74) is -0.0397. The maximum absolute atomic E-state index is 9.34. The molecule has 0 aliphatic carbocycles. The molecule has 0 aromatic heterocycles. The zero-order valence-electron chi connectivity index (χ0n) is 26.8. The molecular formula is C42H28AsN7. The Balaban J connectivity index is 0.000000194. The number of rotatable bonds is 7. The summed E-state index contributed by atoms with van der Waals surface area (Å²) in [6.07, 6.45) is 0. The van der Waals surface area contributed by atoms with Gasteiger partial charge in [-0.05, 0) is 5.56 Å². The quantitative estimate of drug-likeness (QED) is 0.143. The third-order valence-electron chi connectivity index (χ3n) is 7.88.